The van der Waals surface area contributed by atoms with Gasteiger partial charge in [0.15, 0.2) is 0 Å². The van der Waals surface area contributed by atoms with Gasteiger partial charge in [0, 0.05) is 24.5 Å². The average Bonchev–Trinajstić information content (AvgIpc) is 2.64. The number of thioether (sulfide) groups is 1. The molecule has 2 N–H and O–H groups in total. The van der Waals surface area contributed by atoms with E-state index < -0.39 is 0 Å². The number of hydrogen-bond donors (Lipinski definition) is 2. The number of nitrogens with one attached hydrogen (secondary N) is 2. The van der Waals surface area contributed by atoms with Gasteiger partial charge in [0.2, 0.25) is 0 Å². The monoisotopic (exact) mass is 199 g/mol. The molecule has 1 heterocycles. The first-order valence-corrected chi connectivity index (χ1v) is 5.93. The lowest BCUT2D eigenvalue weighted by Crippen LogP contribution is -2.26. The molecule has 0 aliphatic heterocycles. The topological polar surface area (TPSA) is 40.7 Å². The van der Waals surface area contributed by atoms with Crippen LogP contribution in [0.25, 0.3) is 0 Å². The van der Waals surface area contributed by atoms with Crippen molar-refractivity contribution in [2.45, 2.75) is 25.9 Å². The fourth-order valence-corrected chi connectivity index (χ4v) is 1.65. The van der Waals surface area contributed by atoms with Crippen LogP contribution < -0.4 is 5.32 Å². The summed E-state index contributed by atoms with van der Waals surface area (Å²) in [6.07, 6.45) is 5.14. The zero-order valence-corrected chi connectivity index (χ0v) is 9.03. The molecule has 0 aliphatic carbocycles. The van der Waals surface area contributed by atoms with Crippen molar-refractivity contribution in [3.8, 4) is 0 Å². The highest BCUT2D eigenvalue weighted by Crippen LogP contribution is 2.00. The first kappa shape index (κ1) is 10.6. The Hall–Kier alpha value is -0.480. The van der Waals surface area contributed by atoms with Gasteiger partial charge >= 0.3 is 0 Å². The van der Waals surface area contributed by atoms with E-state index in [1.807, 2.05) is 17.8 Å². The molecule has 0 bridgehead atoms. The normalized spacial score (nSPS) is 13.1. The Balaban J connectivity index is 2.11. The predicted octanol–water partition coefficient (Wildman–Crippen LogP) is 1.64. The molecule has 0 saturated heterocycles. The minimum atomic E-state index is 0.579. The van der Waals surface area contributed by atoms with Gasteiger partial charge < -0.3 is 5.32 Å². The summed E-state index contributed by atoms with van der Waals surface area (Å²) >= 11 is 1.89. The SMILES string of the molecule is CSCCC(C)NCc1ccn[nH]1. The van der Waals surface area contributed by atoms with E-state index in [4.69, 9.17) is 0 Å². The van der Waals surface area contributed by atoms with Gasteiger partial charge in [-0.3, -0.25) is 5.10 Å². The molecule has 0 radical (unpaired) electrons. The Kier molecular flexibility index (Phi) is 4.93. The molecule has 1 atom stereocenters. The van der Waals surface area contributed by atoms with E-state index in [0.29, 0.717) is 6.04 Å². The number of hydrogen-bond acceptors (Lipinski definition) is 3. The van der Waals surface area contributed by atoms with E-state index in [1.165, 1.54) is 12.2 Å². The molecular weight excluding hydrogens is 182 g/mol. The fraction of sp³-hybridized carbons (Fsp3) is 0.667. The Labute approximate surface area is 83.7 Å². The number of aromatic amines is 1. The summed E-state index contributed by atoms with van der Waals surface area (Å²) in [6, 6.07) is 2.57. The molecule has 0 spiro atoms. The van der Waals surface area contributed by atoms with Crippen molar-refractivity contribution in [3.05, 3.63) is 18.0 Å². The fourth-order valence-electron chi connectivity index (χ4n) is 1.06. The summed E-state index contributed by atoms with van der Waals surface area (Å²) in [5.41, 5.74) is 1.15. The smallest absolute Gasteiger partial charge is 0.0490 e. The summed E-state index contributed by atoms with van der Waals surface area (Å²) in [5.74, 6) is 1.22. The molecule has 0 aromatic carbocycles. The largest absolute Gasteiger partial charge is 0.309 e. The van der Waals surface area contributed by atoms with E-state index >= 15 is 0 Å². The Morgan fingerprint density at radius 1 is 1.69 bits per heavy atom. The highest BCUT2D eigenvalue weighted by molar-refractivity contribution is 7.98. The van der Waals surface area contributed by atoms with Crippen LogP contribution in [-0.4, -0.2) is 28.2 Å². The van der Waals surface area contributed by atoms with E-state index in [1.54, 1.807) is 6.20 Å². The van der Waals surface area contributed by atoms with Crippen LogP contribution in [0, 0.1) is 0 Å². The van der Waals surface area contributed by atoms with Crippen LogP contribution >= 0.6 is 11.8 Å². The molecular formula is C9H17N3S. The van der Waals surface area contributed by atoms with Gasteiger partial charge in [-0.25, -0.2) is 0 Å². The lowest BCUT2D eigenvalue weighted by atomic mass is 10.2. The molecule has 0 aliphatic rings. The van der Waals surface area contributed by atoms with Gasteiger partial charge in [-0.1, -0.05) is 0 Å². The Morgan fingerprint density at radius 3 is 3.15 bits per heavy atom. The van der Waals surface area contributed by atoms with Crippen molar-refractivity contribution in [2.24, 2.45) is 0 Å². The second-order valence-corrected chi connectivity index (χ2v) is 4.13. The third kappa shape index (κ3) is 4.33. The molecule has 1 unspecified atom stereocenters. The maximum atomic E-state index is 3.89. The van der Waals surface area contributed by atoms with Crippen LogP contribution in [0.3, 0.4) is 0 Å². The van der Waals surface area contributed by atoms with Gasteiger partial charge in [0.1, 0.15) is 0 Å². The van der Waals surface area contributed by atoms with Crippen LogP contribution in [-0.2, 0) is 6.54 Å². The van der Waals surface area contributed by atoms with Gasteiger partial charge in [-0.05, 0) is 31.4 Å². The average molecular weight is 199 g/mol. The first-order chi connectivity index (χ1) is 6.33. The van der Waals surface area contributed by atoms with Crippen molar-refractivity contribution < 1.29 is 0 Å². The molecule has 74 valence electrons. The van der Waals surface area contributed by atoms with E-state index in [0.717, 1.165) is 12.2 Å². The summed E-state index contributed by atoms with van der Waals surface area (Å²) in [5, 5.41) is 10.3. The molecule has 3 nitrogen and oxygen atoms in total. The molecule has 0 saturated carbocycles. The van der Waals surface area contributed by atoms with Crippen LogP contribution in [0.5, 0.6) is 0 Å². The molecule has 1 rings (SSSR count). The highest BCUT2D eigenvalue weighted by Gasteiger charge is 2.00. The molecule has 1 aromatic heterocycles. The summed E-state index contributed by atoms with van der Waals surface area (Å²) in [6.45, 7) is 3.10. The van der Waals surface area contributed by atoms with Gasteiger partial charge in [0.05, 0.1) is 0 Å². The number of aromatic nitrogens is 2. The maximum absolute atomic E-state index is 3.89. The number of nitrogens with zero attached hydrogens (tertiary/aromatic N) is 1. The second kappa shape index (κ2) is 6.05. The zero-order valence-electron chi connectivity index (χ0n) is 8.21. The second-order valence-electron chi connectivity index (χ2n) is 3.15. The number of rotatable bonds is 6. The zero-order chi connectivity index (χ0) is 9.52. The van der Waals surface area contributed by atoms with Crippen molar-refractivity contribution in [1.29, 1.82) is 0 Å². The molecule has 4 heteroatoms. The van der Waals surface area contributed by atoms with Crippen LogP contribution in [0.15, 0.2) is 12.3 Å². The Morgan fingerprint density at radius 2 is 2.54 bits per heavy atom. The summed E-state index contributed by atoms with van der Waals surface area (Å²) in [4.78, 5) is 0. The first-order valence-electron chi connectivity index (χ1n) is 4.53. The standard InChI is InChI=1S/C9H17N3S/c1-8(4-6-13-2)10-7-9-3-5-11-12-9/h3,5,8,10H,4,6-7H2,1-2H3,(H,11,12). The van der Waals surface area contributed by atoms with E-state index in [2.05, 4.69) is 28.7 Å². The van der Waals surface area contributed by atoms with Crippen LogP contribution in [0.1, 0.15) is 19.0 Å². The lowest BCUT2D eigenvalue weighted by molar-refractivity contribution is 0.532. The Bertz CT molecular complexity index is 211. The van der Waals surface area contributed by atoms with Gasteiger partial charge in [-0.2, -0.15) is 16.9 Å². The molecule has 0 fully saturated rings. The molecule has 13 heavy (non-hydrogen) atoms. The van der Waals surface area contributed by atoms with E-state index in [9.17, 15) is 0 Å². The third-order valence-electron chi connectivity index (χ3n) is 1.95. The van der Waals surface area contributed by atoms with E-state index in [-0.39, 0.29) is 0 Å². The van der Waals surface area contributed by atoms with Crippen LogP contribution in [0.4, 0.5) is 0 Å². The van der Waals surface area contributed by atoms with Crippen molar-refractivity contribution in [2.75, 3.05) is 12.0 Å². The highest BCUT2D eigenvalue weighted by atomic mass is 32.2. The van der Waals surface area contributed by atoms with Crippen LogP contribution in [0.2, 0.25) is 0 Å². The minimum absolute atomic E-state index is 0.579. The summed E-state index contributed by atoms with van der Waals surface area (Å²) < 4.78 is 0. The number of H-pyrrole nitrogens is 1. The van der Waals surface area contributed by atoms with Crippen molar-refractivity contribution >= 4 is 11.8 Å². The predicted molar refractivity (Wildman–Crippen MR) is 57.9 cm³/mol. The van der Waals surface area contributed by atoms with Crippen molar-refractivity contribution in [1.82, 2.24) is 15.5 Å². The minimum Gasteiger partial charge on any atom is -0.309 e. The molecule has 0 amide bonds. The quantitative estimate of drug-likeness (QED) is 0.732. The lowest BCUT2D eigenvalue weighted by Gasteiger charge is -2.11. The van der Waals surface area contributed by atoms with Gasteiger partial charge in [0.25, 0.3) is 0 Å². The molecule has 1 aromatic rings. The third-order valence-corrected chi connectivity index (χ3v) is 2.60. The van der Waals surface area contributed by atoms with Gasteiger partial charge in [-0.15, -0.1) is 0 Å². The van der Waals surface area contributed by atoms with Crippen molar-refractivity contribution in [3.63, 3.8) is 0 Å². The summed E-state index contributed by atoms with van der Waals surface area (Å²) in [7, 11) is 0. The maximum Gasteiger partial charge on any atom is 0.0490 e.